The molecule has 2 heterocycles. The highest BCUT2D eigenvalue weighted by Crippen LogP contribution is 2.28. The monoisotopic (exact) mass is 509 g/mol. The van der Waals surface area contributed by atoms with Crippen molar-refractivity contribution in [3.05, 3.63) is 47.3 Å². The molecule has 1 aromatic heterocycles. The number of rotatable bonds is 12. The molecular formula is C30H43N3O4. The molecule has 1 aliphatic rings. The number of imidazole rings is 1. The number of nitrogens with zero attached hydrogens (tertiary/aromatic N) is 2. The van der Waals surface area contributed by atoms with E-state index < -0.39 is 0 Å². The zero-order valence-electron chi connectivity index (χ0n) is 23.5. The molecule has 1 N–H and O–H groups in total. The van der Waals surface area contributed by atoms with Crippen LogP contribution >= 0.6 is 0 Å². The van der Waals surface area contributed by atoms with Gasteiger partial charge in [0.05, 0.1) is 23.7 Å². The number of fused-ring (bicyclic) bond motifs is 1. The van der Waals surface area contributed by atoms with Crippen molar-refractivity contribution in [3.8, 4) is 0 Å². The largest absolute Gasteiger partial charge is 0.462 e. The molecule has 0 spiro atoms. The van der Waals surface area contributed by atoms with Crippen molar-refractivity contribution in [3.63, 3.8) is 0 Å². The smallest absolute Gasteiger partial charge is 0.323 e. The van der Waals surface area contributed by atoms with Gasteiger partial charge in [0.25, 0.3) is 0 Å². The fraction of sp³-hybridized carbons (Fsp3) is 0.567. The van der Waals surface area contributed by atoms with Crippen LogP contribution in [0.3, 0.4) is 0 Å². The number of hydrogen-bond acceptors (Lipinski definition) is 6. The number of esters is 1. The second kappa shape index (κ2) is 13.2. The van der Waals surface area contributed by atoms with E-state index in [4.69, 9.17) is 14.5 Å². The van der Waals surface area contributed by atoms with E-state index in [0.717, 1.165) is 59.7 Å². The fourth-order valence-electron chi connectivity index (χ4n) is 4.66. The average molecular weight is 510 g/mol. The molecule has 202 valence electrons. The van der Waals surface area contributed by atoms with Crippen molar-refractivity contribution in [2.24, 2.45) is 11.8 Å². The molecule has 1 aromatic carbocycles. The highest BCUT2D eigenvalue weighted by atomic mass is 16.5. The van der Waals surface area contributed by atoms with E-state index in [1.807, 2.05) is 60.6 Å². The van der Waals surface area contributed by atoms with Gasteiger partial charge in [0, 0.05) is 37.1 Å². The predicted molar refractivity (Wildman–Crippen MR) is 148 cm³/mol. The Kier molecular flexibility index (Phi) is 10.2. The van der Waals surface area contributed by atoms with Crippen LogP contribution < -0.4 is 5.32 Å². The van der Waals surface area contributed by atoms with E-state index in [1.54, 1.807) is 0 Å². The summed E-state index contributed by atoms with van der Waals surface area (Å²) in [5, 5.41) is 3.33. The molecule has 1 saturated heterocycles. The average Bonchev–Trinajstić information content (AvgIpc) is 3.50. The zero-order chi connectivity index (χ0) is 27.1. The SMILES string of the molecule is C/C=C(\C=C(\C)C(=O)C(C)C)c1nc2cc(CNC(CC)C(=O)OC(C)C)ccc2n1CC1CCOC1. The highest BCUT2D eigenvalue weighted by molar-refractivity contribution is 5.98. The van der Waals surface area contributed by atoms with Crippen molar-refractivity contribution in [2.45, 2.75) is 86.5 Å². The number of benzene rings is 1. The van der Waals surface area contributed by atoms with E-state index in [1.165, 1.54) is 0 Å². The van der Waals surface area contributed by atoms with Gasteiger partial charge in [0.2, 0.25) is 0 Å². The summed E-state index contributed by atoms with van der Waals surface area (Å²) in [6.07, 6.45) is 5.52. The van der Waals surface area contributed by atoms with Gasteiger partial charge >= 0.3 is 5.97 Å². The predicted octanol–water partition coefficient (Wildman–Crippen LogP) is 5.47. The Morgan fingerprint density at radius 2 is 2.03 bits per heavy atom. The van der Waals surface area contributed by atoms with Gasteiger partial charge < -0.3 is 19.4 Å². The maximum absolute atomic E-state index is 12.6. The standard InChI is InChI=1S/C30H43N3O4/c1-8-24(14-21(7)28(34)19(3)4)29-32-26-15-22(16-31-25(9-2)30(35)37-20(5)6)10-11-27(26)33(29)17-23-12-13-36-18-23/h8,10-11,14-15,19-20,23,25,31H,9,12-13,16-18H2,1-7H3/b21-14-,24-8+. The van der Waals surface area contributed by atoms with Crippen LogP contribution in [-0.4, -0.2) is 46.7 Å². The second-order valence-electron chi connectivity index (χ2n) is 10.5. The van der Waals surface area contributed by atoms with Gasteiger partial charge in [0.15, 0.2) is 5.78 Å². The summed E-state index contributed by atoms with van der Waals surface area (Å²) in [6.45, 7) is 16.3. The van der Waals surface area contributed by atoms with Gasteiger partial charge in [-0.2, -0.15) is 0 Å². The molecule has 2 atom stereocenters. The lowest BCUT2D eigenvalue weighted by Crippen LogP contribution is -2.38. The minimum Gasteiger partial charge on any atom is -0.462 e. The molecular weight excluding hydrogens is 466 g/mol. The molecule has 37 heavy (non-hydrogen) atoms. The van der Waals surface area contributed by atoms with E-state index in [0.29, 0.717) is 18.9 Å². The molecule has 3 rings (SSSR count). The van der Waals surface area contributed by atoms with Gasteiger partial charge in [-0.05, 0) is 69.9 Å². The lowest BCUT2D eigenvalue weighted by molar-refractivity contribution is -0.150. The summed E-state index contributed by atoms with van der Waals surface area (Å²) in [7, 11) is 0. The zero-order valence-corrected chi connectivity index (χ0v) is 23.5. The number of carbonyl (C=O) groups excluding carboxylic acids is 2. The summed E-state index contributed by atoms with van der Waals surface area (Å²) in [4.78, 5) is 30.0. The third-order valence-corrected chi connectivity index (χ3v) is 6.73. The van der Waals surface area contributed by atoms with Crippen LogP contribution in [0.5, 0.6) is 0 Å². The van der Waals surface area contributed by atoms with Crippen molar-refractivity contribution in [1.82, 2.24) is 14.9 Å². The molecule has 0 amide bonds. The summed E-state index contributed by atoms with van der Waals surface area (Å²) >= 11 is 0. The van der Waals surface area contributed by atoms with Crippen LogP contribution in [0.4, 0.5) is 0 Å². The Balaban J connectivity index is 1.94. The Morgan fingerprint density at radius 1 is 1.27 bits per heavy atom. The number of hydrogen-bond donors (Lipinski definition) is 1. The van der Waals surface area contributed by atoms with Crippen molar-refractivity contribution in [1.29, 1.82) is 0 Å². The molecule has 0 saturated carbocycles. The minimum absolute atomic E-state index is 0.0522. The Hall–Kier alpha value is -2.77. The third-order valence-electron chi connectivity index (χ3n) is 6.73. The number of nitrogens with one attached hydrogen (secondary N) is 1. The van der Waals surface area contributed by atoms with Gasteiger partial charge in [-0.15, -0.1) is 0 Å². The van der Waals surface area contributed by atoms with Crippen molar-refractivity contribution >= 4 is 28.4 Å². The summed E-state index contributed by atoms with van der Waals surface area (Å²) < 4.78 is 13.3. The van der Waals surface area contributed by atoms with Crippen molar-refractivity contribution < 1.29 is 19.1 Å². The molecule has 0 bridgehead atoms. The van der Waals surface area contributed by atoms with Gasteiger partial charge in [-0.3, -0.25) is 9.59 Å². The molecule has 0 radical (unpaired) electrons. The molecule has 1 aliphatic heterocycles. The Bertz CT molecular complexity index is 1150. The topological polar surface area (TPSA) is 82.5 Å². The van der Waals surface area contributed by atoms with Crippen molar-refractivity contribution in [2.75, 3.05) is 13.2 Å². The first-order valence-corrected chi connectivity index (χ1v) is 13.5. The molecule has 2 aromatic rings. The third kappa shape index (κ3) is 7.39. The quantitative estimate of drug-likeness (QED) is 0.232. The lowest BCUT2D eigenvalue weighted by atomic mass is 10.00. The van der Waals surface area contributed by atoms with Crippen LogP contribution in [0.1, 0.15) is 72.7 Å². The van der Waals surface area contributed by atoms with Crippen LogP contribution in [0.2, 0.25) is 0 Å². The maximum atomic E-state index is 12.6. The summed E-state index contributed by atoms with van der Waals surface area (Å²) in [5.41, 5.74) is 4.66. The number of carbonyl (C=O) groups is 2. The molecule has 0 aliphatic carbocycles. The number of allylic oxidation sites excluding steroid dienone is 4. The molecule has 7 heteroatoms. The van der Waals surface area contributed by atoms with Crippen LogP contribution in [0.15, 0.2) is 35.9 Å². The molecule has 1 fully saturated rings. The number of aromatic nitrogens is 2. The van der Waals surface area contributed by atoms with Crippen LogP contribution in [0, 0.1) is 11.8 Å². The van der Waals surface area contributed by atoms with Crippen LogP contribution in [-0.2, 0) is 32.2 Å². The summed E-state index contributed by atoms with van der Waals surface area (Å²) in [5.74, 6) is 1.15. The molecule has 7 nitrogen and oxygen atoms in total. The first kappa shape index (κ1) is 28.8. The molecule has 2 unspecified atom stereocenters. The normalized spacial score (nSPS) is 17.7. The fourth-order valence-corrected chi connectivity index (χ4v) is 4.66. The van der Waals surface area contributed by atoms with E-state index in [9.17, 15) is 9.59 Å². The first-order chi connectivity index (χ1) is 17.6. The Labute approximate surface area is 221 Å². The Morgan fingerprint density at radius 3 is 2.62 bits per heavy atom. The maximum Gasteiger partial charge on any atom is 0.323 e. The second-order valence-corrected chi connectivity index (χ2v) is 10.5. The number of Topliss-reactive ketones (excluding diaryl/α,β-unsaturated/α-hetero) is 1. The van der Waals surface area contributed by atoms with Gasteiger partial charge in [0.1, 0.15) is 11.9 Å². The van der Waals surface area contributed by atoms with Gasteiger partial charge in [-0.1, -0.05) is 32.9 Å². The van der Waals surface area contributed by atoms with E-state index in [2.05, 4.69) is 28.1 Å². The number of ether oxygens (including phenoxy) is 2. The van der Waals surface area contributed by atoms with E-state index >= 15 is 0 Å². The van der Waals surface area contributed by atoms with Gasteiger partial charge in [-0.25, -0.2) is 4.98 Å². The minimum atomic E-state index is -0.352. The summed E-state index contributed by atoms with van der Waals surface area (Å²) in [6, 6.07) is 5.92. The first-order valence-electron chi connectivity index (χ1n) is 13.5. The highest BCUT2D eigenvalue weighted by Gasteiger charge is 2.22. The number of ketones is 1. The lowest BCUT2D eigenvalue weighted by Gasteiger charge is -2.18. The van der Waals surface area contributed by atoms with Crippen LogP contribution in [0.25, 0.3) is 16.6 Å². The van der Waals surface area contributed by atoms with E-state index in [-0.39, 0.29) is 29.8 Å².